The molecule has 0 saturated carbocycles. The van der Waals surface area contributed by atoms with E-state index in [1.54, 1.807) is 0 Å². The molecule has 108 valence electrons. The van der Waals surface area contributed by atoms with Gasteiger partial charge in [0.25, 0.3) is 0 Å². The summed E-state index contributed by atoms with van der Waals surface area (Å²) in [4.78, 5) is 7.68. The molecule has 3 nitrogen and oxygen atoms in total. The van der Waals surface area contributed by atoms with Crippen molar-refractivity contribution >= 4 is 27.0 Å². The molecule has 2 N–H and O–H groups in total. The van der Waals surface area contributed by atoms with Crippen molar-refractivity contribution in [3.05, 3.63) is 63.4 Å². The summed E-state index contributed by atoms with van der Waals surface area (Å²) >= 11 is 3.44. The molecule has 1 atom stereocenters. The van der Waals surface area contributed by atoms with Crippen LogP contribution in [0.15, 0.2) is 40.9 Å². The summed E-state index contributed by atoms with van der Waals surface area (Å²) in [5.74, 6) is 0.615. The van der Waals surface area contributed by atoms with Crippen LogP contribution in [0.3, 0.4) is 0 Å². The van der Waals surface area contributed by atoms with Crippen LogP contribution in [0.1, 0.15) is 28.6 Å². The number of aliphatic hydroxyl groups is 1. The molecule has 1 heterocycles. The van der Waals surface area contributed by atoms with Gasteiger partial charge in [0.15, 0.2) is 0 Å². The summed E-state index contributed by atoms with van der Waals surface area (Å²) in [5, 5.41) is 10.5. The third-order valence-corrected chi connectivity index (χ3v) is 4.19. The van der Waals surface area contributed by atoms with Crippen LogP contribution < -0.4 is 0 Å². The van der Waals surface area contributed by atoms with E-state index >= 15 is 0 Å². The average molecular weight is 345 g/mol. The van der Waals surface area contributed by atoms with Gasteiger partial charge in [-0.3, -0.25) is 0 Å². The maximum Gasteiger partial charge on any atom is 0.136 e. The predicted molar refractivity (Wildman–Crippen MR) is 88.4 cm³/mol. The van der Waals surface area contributed by atoms with E-state index in [1.807, 2.05) is 18.2 Å². The molecular weight excluding hydrogens is 328 g/mol. The molecule has 1 aromatic heterocycles. The molecule has 3 rings (SSSR count). The van der Waals surface area contributed by atoms with E-state index in [-0.39, 0.29) is 0 Å². The molecule has 0 aliphatic carbocycles. The van der Waals surface area contributed by atoms with Gasteiger partial charge in [0, 0.05) is 10.9 Å². The number of hydrogen-bond donors (Lipinski definition) is 2. The van der Waals surface area contributed by atoms with Crippen molar-refractivity contribution in [2.24, 2.45) is 0 Å². The zero-order chi connectivity index (χ0) is 15.0. The number of hydrogen-bond acceptors (Lipinski definition) is 2. The van der Waals surface area contributed by atoms with Crippen molar-refractivity contribution < 1.29 is 5.11 Å². The number of aliphatic hydroxyl groups excluding tert-OH is 1. The average Bonchev–Trinajstić information content (AvgIpc) is 2.86. The molecule has 21 heavy (non-hydrogen) atoms. The summed E-state index contributed by atoms with van der Waals surface area (Å²) < 4.78 is 0.995. The quantitative estimate of drug-likeness (QED) is 0.747. The van der Waals surface area contributed by atoms with Crippen LogP contribution in [0, 0.1) is 13.8 Å². The maximum atomic E-state index is 10.5. The van der Waals surface area contributed by atoms with Gasteiger partial charge in [0.1, 0.15) is 11.9 Å². The lowest BCUT2D eigenvalue weighted by Crippen LogP contribution is -2.05. The first-order valence-corrected chi connectivity index (χ1v) is 7.71. The number of aromatic nitrogens is 2. The Morgan fingerprint density at radius 2 is 2.00 bits per heavy atom. The van der Waals surface area contributed by atoms with Crippen molar-refractivity contribution in [3.63, 3.8) is 0 Å². The molecule has 4 heteroatoms. The fraction of sp³-hybridized carbons (Fsp3) is 0.235. The molecule has 1 unspecified atom stereocenters. The second kappa shape index (κ2) is 5.62. The number of nitrogens with one attached hydrogen (secondary N) is 1. The van der Waals surface area contributed by atoms with Crippen LogP contribution in [0.5, 0.6) is 0 Å². The van der Waals surface area contributed by atoms with Gasteiger partial charge in [-0.25, -0.2) is 4.98 Å². The number of halogens is 1. The predicted octanol–water partition coefficient (Wildman–Crippen LogP) is 4.22. The molecule has 0 radical (unpaired) electrons. The van der Waals surface area contributed by atoms with Gasteiger partial charge in [-0.2, -0.15) is 0 Å². The highest BCUT2D eigenvalue weighted by molar-refractivity contribution is 9.10. The van der Waals surface area contributed by atoms with Gasteiger partial charge in [-0.05, 0) is 43.2 Å². The first kappa shape index (κ1) is 14.3. The summed E-state index contributed by atoms with van der Waals surface area (Å²) in [7, 11) is 0. The van der Waals surface area contributed by atoms with Crippen molar-refractivity contribution in [3.8, 4) is 0 Å². The molecule has 0 amide bonds. The number of aromatic amines is 1. The van der Waals surface area contributed by atoms with Gasteiger partial charge in [0.2, 0.25) is 0 Å². The number of imidazole rings is 1. The van der Waals surface area contributed by atoms with E-state index in [0.29, 0.717) is 12.2 Å². The van der Waals surface area contributed by atoms with Gasteiger partial charge in [-0.15, -0.1) is 0 Å². The number of fused-ring (bicyclic) bond motifs is 1. The van der Waals surface area contributed by atoms with E-state index in [2.05, 4.69) is 57.9 Å². The van der Waals surface area contributed by atoms with Crippen molar-refractivity contribution in [2.75, 3.05) is 0 Å². The monoisotopic (exact) mass is 344 g/mol. The molecule has 0 spiro atoms. The lowest BCUT2D eigenvalue weighted by atomic mass is 10.00. The first-order chi connectivity index (χ1) is 10.0. The van der Waals surface area contributed by atoms with E-state index < -0.39 is 6.10 Å². The topological polar surface area (TPSA) is 48.9 Å². The van der Waals surface area contributed by atoms with Gasteiger partial charge in [-0.1, -0.05) is 39.7 Å². The Kier molecular flexibility index (Phi) is 3.83. The number of H-pyrrole nitrogens is 1. The second-order valence-corrected chi connectivity index (χ2v) is 6.35. The van der Waals surface area contributed by atoms with Crippen LogP contribution in [-0.4, -0.2) is 15.1 Å². The molecule has 0 fully saturated rings. The molecule has 0 saturated heterocycles. The fourth-order valence-electron chi connectivity index (χ4n) is 2.48. The molecular formula is C17H17BrN2O. The zero-order valence-corrected chi connectivity index (χ0v) is 13.6. The highest BCUT2D eigenvalue weighted by Crippen LogP contribution is 2.23. The molecule has 2 aromatic carbocycles. The smallest absolute Gasteiger partial charge is 0.136 e. The normalized spacial score (nSPS) is 12.8. The summed E-state index contributed by atoms with van der Waals surface area (Å²) in [6.45, 7) is 4.13. The maximum absolute atomic E-state index is 10.5. The fourth-order valence-corrected chi connectivity index (χ4v) is 2.85. The Bertz CT molecular complexity index is 795. The van der Waals surface area contributed by atoms with Crippen molar-refractivity contribution in [1.82, 2.24) is 9.97 Å². The molecule has 3 aromatic rings. The molecule has 0 aliphatic rings. The van der Waals surface area contributed by atoms with Crippen LogP contribution in [-0.2, 0) is 6.42 Å². The van der Waals surface area contributed by atoms with Crippen LogP contribution in [0.25, 0.3) is 11.0 Å². The number of benzene rings is 2. The zero-order valence-electron chi connectivity index (χ0n) is 12.0. The standard InChI is InChI=1S/C17H17BrN2O/c1-10-3-4-11(2)12(7-10)8-16(21)17-19-14-6-5-13(18)9-15(14)20-17/h3-7,9,16,21H,8H2,1-2H3,(H,19,20). The Balaban J connectivity index is 1.89. The summed E-state index contributed by atoms with van der Waals surface area (Å²) in [5.41, 5.74) is 5.35. The van der Waals surface area contributed by atoms with Gasteiger partial charge < -0.3 is 10.1 Å². The van der Waals surface area contributed by atoms with Crippen LogP contribution in [0.2, 0.25) is 0 Å². The second-order valence-electron chi connectivity index (χ2n) is 5.43. The minimum atomic E-state index is -0.628. The minimum Gasteiger partial charge on any atom is -0.385 e. The van der Waals surface area contributed by atoms with Crippen LogP contribution in [0.4, 0.5) is 0 Å². The van der Waals surface area contributed by atoms with E-state index in [9.17, 15) is 5.11 Å². The Labute approximate surface area is 132 Å². The largest absolute Gasteiger partial charge is 0.385 e. The van der Waals surface area contributed by atoms with E-state index in [4.69, 9.17) is 0 Å². The summed E-state index contributed by atoms with van der Waals surface area (Å²) in [6.07, 6.45) is -0.0641. The lowest BCUT2D eigenvalue weighted by Gasteiger charge is -2.11. The minimum absolute atomic E-state index is 0.564. The van der Waals surface area contributed by atoms with E-state index in [0.717, 1.165) is 21.1 Å². The lowest BCUT2D eigenvalue weighted by molar-refractivity contribution is 0.169. The number of rotatable bonds is 3. The van der Waals surface area contributed by atoms with Crippen LogP contribution >= 0.6 is 15.9 Å². The van der Waals surface area contributed by atoms with Gasteiger partial charge in [0.05, 0.1) is 11.0 Å². The van der Waals surface area contributed by atoms with E-state index in [1.165, 1.54) is 11.1 Å². The summed E-state index contributed by atoms with van der Waals surface area (Å²) in [6, 6.07) is 12.2. The Hall–Kier alpha value is -1.65. The van der Waals surface area contributed by atoms with Crippen molar-refractivity contribution in [1.29, 1.82) is 0 Å². The van der Waals surface area contributed by atoms with Gasteiger partial charge >= 0.3 is 0 Å². The molecule has 0 bridgehead atoms. The SMILES string of the molecule is Cc1ccc(C)c(CC(O)c2nc3ccc(Br)cc3[nH]2)c1. The van der Waals surface area contributed by atoms with Crippen molar-refractivity contribution in [2.45, 2.75) is 26.4 Å². The number of aryl methyl sites for hydroxylation is 2. The molecule has 0 aliphatic heterocycles. The highest BCUT2D eigenvalue weighted by atomic mass is 79.9. The first-order valence-electron chi connectivity index (χ1n) is 6.92. The highest BCUT2D eigenvalue weighted by Gasteiger charge is 2.14. The Morgan fingerprint density at radius 1 is 1.19 bits per heavy atom. The Morgan fingerprint density at radius 3 is 2.81 bits per heavy atom. The third-order valence-electron chi connectivity index (χ3n) is 3.70. The number of nitrogens with zero attached hydrogens (tertiary/aromatic N) is 1. The third kappa shape index (κ3) is 3.01.